The summed E-state index contributed by atoms with van der Waals surface area (Å²) in [4.78, 5) is 14.0. The summed E-state index contributed by atoms with van der Waals surface area (Å²) in [5.74, 6) is -0.449. The van der Waals surface area contributed by atoms with E-state index in [0.29, 0.717) is 26.2 Å². The van der Waals surface area contributed by atoms with Gasteiger partial charge in [-0.3, -0.25) is 4.79 Å². The quantitative estimate of drug-likeness (QED) is 0.825. The number of aromatic nitrogens is 1. The lowest BCUT2D eigenvalue weighted by atomic mass is 10.3. The summed E-state index contributed by atoms with van der Waals surface area (Å²) >= 11 is 0. The second kappa shape index (κ2) is 5.97. The first-order valence-corrected chi connectivity index (χ1v) is 6.07. The fraction of sp³-hybridized carbons (Fsp3) is 0.583. The lowest BCUT2D eigenvalue weighted by Gasteiger charge is -2.29. The van der Waals surface area contributed by atoms with E-state index in [-0.39, 0.29) is 11.2 Å². The maximum atomic E-state index is 13.8. The number of methoxy groups -OCH3 is 1. The minimum atomic E-state index is -0.449. The summed E-state index contributed by atoms with van der Waals surface area (Å²) < 4.78 is 20.3. The smallest absolute Gasteiger partial charge is 0.277 e. The highest BCUT2D eigenvalue weighted by atomic mass is 19.1. The monoisotopic (exact) mass is 255 g/mol. The van der Waals surface area contributed by atoms with E-state index in [1.807, 2.05) is 0 Å². The van der Waals surface area contributed by atoms with Crippen molar-refractivity contribution in [1.29, 1.82) is 0 Å². The van der Waals surface area contributed by atoms with E-state index in [4.69, 9.17) is 4.74 Å². The van der Waals surface area contributed by atoms with Gasteiger partial charge in [0.25, 0.3) is 5.56 Å². The molecule has 1 saturated heterocycles. The number of rotatable bonds is 4. The van der Waals surface area contributed by atoms with Crippen molar-refractivity contribution in [2.45, 2.75) is 6.54 Å². The number of nitrogens with one attached hydrogen (secondary N) is 1. The Balaban J connectivity index is 2.29. The minimum absolute atomic E-state index is 0.176. The SMILES string of the molecule is COCCn1ccc(F)c(N2CCNCC2)c1=O. The van der Waals surface area contributed by atoms with Crippen molar-refractivity contribution in [3.05, 3.63) is 28.4 Å². The molecule has 18 heavy (non-hydrogen) atoms. The number of ether oxygens (including phenoxy) is 1. The summed E-state index contributed by atoms with van der Waals surface area (Å²) in [6, 6.07) is 1.34. The van der Waals surface area contributed by atoms with Crippen molar-refractivity contribution >= 4 is 5.69 Å². The summed E-state index contributed by atoms with van der Waals surface area (Å²) in [6.45, 7) is 3.72. The van der Waals surface area contributed by atoms with Crippen molar-refractivity contribution in [1.82, 2.24) is 9.88 Å². The average molecular weight is 255 g/mol. The van der Waals surface area contributed by atoms with Gasteiger partial charge in [0.05, 0.1) is 6.61 Å². The third-order valence-electron chi connectivity index (χ3n) is 3.06. The molecule has 100 valence electrons. The van der Waals surface area contributed by atoms with Crippen LogP contribution in [0.25, 0.3) is 0 Å². The topological polar surface area (TPSA) is 46.5 Å². The van der Waals surface area contributed by atoms with E-state index >= 15 is 0 Å². The normalized spacial score (nSPS) is 16.0. The van der Waals surface area contributed by atoms with E-state index in [0.717, 1.165) is 13.1 Å². The Bertz CT molecular complexity index is 455. The zero-order valence-corrected chi connectivity index (χ0v) is 10.5. The molecule has 1 aromatic rings. The number of hydrogen-bond acceptors (Lipinski definition) is 4. The van der Waals surface area contributed by atoms with Crippen LogP contribution in [0.2, 0.25) is 0 Å². The lowest BCUT2D eigenvalue weighted by Crippen LogP contribution is -2.46. The third kappa shape index (κ3) is 2.70. The highest BCUT2D eigenvalue weighted by molar-refractivity contribution is 5.46. The van der Waals surface area contributed by atoms with Gasteiger partial charge >= 0.3 is 0 Å². The second-order valence-corrected chi connectivity index (χ2v) is 4.24. The average Bonchev–Trinajstić information content (AvgIpc) is 2.39. The van der Waals surface area contributed by atoms with E-state index < -0.39 is 5.82 Å². The largest absolute Gasteiger partial charge is 0.383 e. The number of nitrogens with zero attached hydrogens (tertiary/aromatic N) is 2. The number of piperazine rings is 1. The molecule has 0 atom stereocenters. The van der Waals surface area contributed by atoms with Crippen LogP contribution in [0, 0.1) is 5.82 Å². The predicted molar refractivity (Wildman–Crippen MR) is 67.6 cm³/mol. The Kier molecular flexibility index (Phi) is 4.33. The van der Waals surface area contributed by atoms with Crippen LogP contribution in [0.15, 0.2) is 17.1 Å². The summed E-state index contributed by atoms with van der Waals surface area (Å²) in [6.07, 6.45) is 1.47. The van der Waals surface area contributed by atoms with Gasteiger partial charge in [0, 0.05) is 46.0 Å². The fourth-order valence-corrected chi connectivity index (χ4v) is 2.08. The van der Waals surface area contributed by atoms with Gasteiger partial charge in [-0.25, -0.2) is 4.39 Å². The minimum Gasteiger partial charge on any atom is -0.383 e. The molecule has 0 amide bonds. The Hall–Kier alpha value is -1.40. The molecule has 1 N–H and O–H groups in total. The van der Waals surface area contributed by atoms with Gasteiger partial charge in [-0.2, -0.15) is 0 Å². The van der Waals surface area contributed by atoms with Crippen LogP contribution >= 0.6 is 0 Å². The van der Waals surface area contributed by atoms with E-state index in [1.165, 1.54) is 16.8 Å². The molecule has 1 fully saturated rings. The zero-order chi connectivity index (χ0) is 13.0. The molecule has 0 bridgehead atoms. The van der Waals surface area contributed by atoms with Crippen molar-refractivity contribution in [3.63, 3.8) is 0 Å². The lowest BCUT2D eigenvalue weighted by molar-refractivity contribution is 0.186. The molecule has 0 aliphatic carbocycles. The van der Waals surface area contributed by atoms with Crippen LogP contribution in [0.4, 0.5) is 10.1 Å². The first-order valence-electron chi connectivity index (χ1n) is 6.07. The molecule has 1 aliphatic rings. The van der Waals surface area contributed by atoms with Gasteiger partial charge in [-0.15, -0.1) is 0 Å². The van der Waals surface area contributed by atoms with Crippen molar-refractivity contribution < 1.29 is 9.13 Å². The molecule has 2 rings (SSSR count). The van der Waals surface area contributed by atoms with Gasteiger partial charge in [-0.1, -0.05) is 0 Å². The van der Waals surface area contributed by atoms with Gasteiger partial charge in [0.1, 0.15) is 5.69 Å². The summed E-state index contributed by atoms with van der Waals surface area (Å²) in [5.41, 5.74) is -0.107. The Morgan fingerprint density at radius 1 is 1.44 bits per heavy atom. The molecule has 0 unspecified atom stereocenters. The van der Waals surface area contributed by atoms with Crippen LogP contribution in [-0.2, 0) is 11.3 Å². The molecule has 0 spiro atoms. The van der Waals surface area contributed by atoms with Crippen LogP contribution in [-0.4, -0.2) is 44.5 Å². The highest BCUT2D eigenvalue weighted by Gasteiger charge is 2.19. The molecule has 0 saturated carbocycles. The Labute approximate surface area is 105 Å². The first kappa shape index (κ1) is 13.0. The fourth-order valence-electron chi connectivity index (χ4n) is 2.08. The van der Waals surface area contributed by atoms with Crippen molar-refractivity contribution in [2.75, 3.05) is 44.8 Å². The van der Waals surface area contributed by atoms with Gasteiger partial charge in [-0.05, 0) is 6.07 Å². The first-order chi connectivity index (χ1) is 8.74. The summed E-state index contributed by atoms with van der Waals surface area (Å²) in [7, 11) is 1.58. The number of hydrogen-bond donors (Lipinski definition) is 1. The van der Waals surface area contributed by atoms with Gasteiger partial charge < -0.3 is 19.5 Å². The number of halogens is 1. The van der Waals surface area contributed by atoms with Crippen LogP contribution in [0.1, 0.15) is 0 Å². The van der Waals surface area contributed by atoms with Crippen molar-refractivity contribution in [2.24, 2.45) is 0 Å². The molecular formula is C12H18FN3O2. The molecule has 6 heteroatoms. The molecular weight excluding hydrogens is 237 g/mol. The molecule has 1 aromatic heterocycles. The molecule has 0 aromatic carbocycles. The maximum absolute atomic E-state index is 13.8. The standard InChI is InChI=1S/C12H18FN3O2/c1-18-9-8-16-5-2-10(13)11(12(16)17)15-6-3-14-4-7-15/h2,5,14H,3-4,6-9H2,1H3. The Morgan fingerprint density at radius 2 is 2.17 bits per heavy atom. The number of anilines is 1. The summed E-state index contributed by atoms with van der Waals surface area (Å²) in [5, 5.41) is 3.18. The Morgan fingerprint density at radius 3 is 2.83 bits per heavy atom. The highest BCUT2D eigenvalue weighted by Crippen LogP contribution is 2.14. The predicted octanol–water partition coefficient (Wildman–Crippen LogP) is 0.0434. The van der Waals surface area contributed by atoms with Crippen LogP contribution in [0.5, 0.6) is 0 Å². The zero-order valence-electron chi connectivity index (χ0n) is 10.5. The molecule has 1 aliphatic heterocycles. The maximum Gasteiger partial charge on any atom is 0.277 e. The van der Waals surface area contributed by atoms with Crippen molar-refractivity contribution in [3.8, 4) is 0 Å². The van der Waals surface area contributed by atoms with E-state index in [2.05, 4.69) is 5.32 Å². The molecule has 2 heterocycles. The van der Waals surface area contributed by atoms with Crippen LogP contribution < -0.4 is 15.8 Å². The second-order valence-electron chi connectivity index (χ2n) is 4.24. The van der Waals surface area contributed by atoms with E-state index in [9.17, 15) is 9.18 Å². The van der Waals surface area contributed by atoms with E-state index in [1.54, 1.807) is 12.0 Å². The van der Waals surface area contributed by atoms with Crippen LogP contribution in [0.3, 0.4) is 0 Å². The van der Waals surface area contributed by atoms with Gasteiger partial charge in [0.15, 0.2) is 5.82 Å². The third-order valence-corrected chi connectivity index (χ3v) is 3.06. The van der Waals surface area contributed by atoms with Gasteiger partial charge in [0.2, 0.25) is 0 Å². The number of pyridine rings is 1. The molecule has 5 nitrogen and oxygen atoms in total. The molecule has 0 radical (unpaired) electrons.